The number of nitrogens with zero attached hydrogens (tertiary/aromatic N) is 5. The fourth-order valence-electron chi connectivity index (χ4n) is 4.70. The van der Waals surface area contributed by atoms with E-state index >= 15 is 0 Å². The Morgan fingerprint density at radius 1 is 0.905 bits per heavy atom. The van der Waals surface area contributed by atoms with Crippen LogP contribution >= 0.6 is 0 Å². The number of pyridine rings is 3. The number of benzene rings is 2. The highest BCUT2D eigenvalue weighted by molar-refractivity contribution is 6.05. The number of carbonyl (C=O) groups excluding carboxylic acids is 2. The van der Waals surface area contributed by atoms with Gasteiger partial charge in [-0.15, -0.1) is 0 Å². The lowest BCUT2D eigenvalue weighted by atomic mass is 10.0. The lowest BCUT2D eigenvalue weighted by Crippen LogP contribution is -2.15. The van der Waals surface area contributed by atoms with E-state index in [2.05, 4.69) is 15.3 Å². The van der Waals surface area contributed by atoms with Crippen molar-refractivity contribution in [2.45, 2.75) is 6.92 Å². The normalized spacial score (nSPS) is 10.9. The first kappa shape index (κ1) is 26.3. The second kappa shape index (κ2) is 10.9. The topological polar surface area (TPSA) is 138 Å². The summed E-state index contributed by atoms with van der Waals surface area (Å²) in [5.41, 5.74) is 12.1. The summed E-state index contributed by atoms with van der Waals surface area (Å²) in [5.74, 6) is 0.434. The molecule has 1 amide bonds. The number of nitrogen functional groups attached to an aromatic ring is 1. The van der Waals surface area contributed by atoms with Crippen LogP contribution in [0, 0.1) is 6.92 Å². The molecule has 0 radical (unpaired) electrons. The summed E-state index contributed by atoms with van der Waals surface area (Å²) in [6.07, 6.45) is 3.26. The van der Waals surface area contributed by atoms with Crippen LogP contribution in [-0.4, -0.2) is 43.5 Å². The summed E-state index contributed by atoms with van der Waals surface area (Å²) >= 11 is 0. The summed E-state index contributed by atoms with van der Waals surface area (Å²) < 4.78 is 6.64. The predicted molar refractivity (Wildman–Crippen MR) is 160 cm³/mol. The van der Waals surface area contributed by atoms with Crippen molar-refractivity contribution in [3.8, 4) is 28.3 Å². The number of hydrogen-bond donors (Lipinski definition) is 2. The fraction of sp³-hybridized carbons (Fsp3) is 0.0625. The largest absolute Gasteiger partial charge is 0.465 e. The zero-order chi connectivity index (χ0) is 29.2. The van der Waals surface area contributed by atoms with Crippen LogP contribution in [0.4, 0.5) is 11.6 Å². The molecule has 0 saturated carbocycles. The second-order valence-corrected chi connectivity index (χ2v) is 9.49. The number of aryl methyl sites for hydroxylation is 1. The van der Waals surface area contributed by atoms with Crippen LogP contribution in [0.1, 0.15) is 26.3 Å². The first-order valence-electron chi connectivity index (χ1n) is 13.1. The van der Waals surface area contributed by atoms with E-state index in [9.17, 15) is 9.59 Å². The maximum atomic E-state index is 13.0. The second-order valence-electron chi connectivity index (χ2n) is 9.49. The Hall–Kier alpha value is -5.90. The highest BCUT2D eigenvalue weighted by Crippen LogP contribution is 2.31. The van der Waals surface area contributed by atoms with Crippen molar-refractivity contribution in [3.63, 3.8) is 0 Å². The van der Waals surface area contributed by atoms with E-state index in [1.807, 2.05) is 59.2 Å². The van der Waals surface area contributed by atoms with Gasteiger partial charge in [-0.25, -0.2) is 24.7 Å². The van der Waals surface area contributed by atoms with E-state index in [4.69, 9.17) is 20.4 Å². The van der Waals surface area contributed by atoms with Gasteiger partial charge in [0.15, 0.2) is 11.5 Å². The zero-order valence-corrected chi connectivity index (χ0v) is 22.8. The summed E-state index contributed by atoms with van der Waals surface area (Å²) in [6.45, 7) is 1.75. The summed E-state index contributed by atoms with van der Waals surface area (Å²) in [7, 11) is 1.31. The van der Waals surface area contributed by atoms with E-state index in [-0.39, 0.29) is 5.91 Å². The van der Waals surface area contributed by atoms with Gasteiger partial charge in [0.1, 0.15) is 17.2 Å². The van der Waals surface area contributed by atoms with Gasteiger partial charge in [-0.2, -0.15) is 0 Å². The number of nitrogens with one attached hydrogen (secondary N) is 1. The average Bonchev–Trinajstić information content (AvgIpc) is 3.40. The number of rotatable bonds is 6. The Morgan fingerprint density at radius 2 is 1.74 bits per heavy atom. The van der Waals surface area contributed by atoms with Crippen molar-refractivity contribution in [1.82, 2.24) is 24.5 Å². The van der Waals surface area contributed by atoms with Gasteiger partial charge in [0, 0.05) is 17.3 Å². The van der Waals surface area contributed by atoms with Crippen LogP contribution < -0.4 is 11.1 Å². The van der Waals surface area contributed by atoms with Gasteiger partial charge in [0.25, 0.3) is 5.91 Å². The minimum absolute atomic E-state index is 0.336. The smallest absolute Gasteiger partial charge is 0.337 e. The van der Waals surface area contributed by atoms with Gasteiger partial charge in [0.2, 0.25) is 0 Å². The number of carbonyl (C=O) groups is 2. The van der Waals surface area contributed by atoms with E-state index in [1.54, 1.807) is 49.6 Å². The van der Waals surface area contributed by atoms with Gasteiger partial charge in [-0.05, 0) is 67.1 Å². The van der Waals surface area contributed by atoms with Crippen LogP contribution in [0.5, 0.6) is 0 Å². The van der Waals surface area contributed by atoms with Gasteiger partial charge in [0.05, 0.1) is 35.8 Å². The molecule has 10 heteroatoms. The fourth-order valence-corrected chi connectivity index (χ4v) is 4.70. The number of ether oxygens (including phenoxy) is 1. The van der Waals surface area contributed by atoms with Gasteiger partial charge in [-0.3, -0.25) is 9.36 Å². The van der Waals surface area contributed by atoms with E-state index in [0.29, 0.717) is 56.6 Å². The SMILES string of the molecule is COC(=O)c1ccc(C(=O)Nc2ccc(-n3c(-c4cccnc4N)nc4ccc(-c5ccccc5)nc43)cn2)c(C)c1. The number of nitrogens with two attached hydrogens (primary N) is 1. The molecule has 0 bridgehead atoms. The number of hydrogen-bond acceptors (Lipinski definition) is 8. The molecule has 6 rings (SSSR count). The lowest BCUT2D eigenvalue weighted by molar-refractivity contribution is 0.0600. The molecular weight excluding hydrogens is 530 g/mol. The molecule has 10 nitrogen and oxygen atoms in total. The summed E-state index contributed by atoms with van der Waals surface area (Å²) in [6, 6.07) is 25.7. The molecule has 42 heavy (non-hydrogen) atoms. The highest BCUT2D eigenvalue weighted by atomic mass is 16.5. The van der Waals surface area contributed by atoms with Crippen LogP contribution in [0.25, 0.3) is 39.5 Å². The van der Waals surface area contributed by atoms with Crippen molar-refractivity contribution in [2.24, 2.45) is 0 Å². The van der Waals surface area contributed by atoms with Gasteiger partial charge in [-0.1, -0.05) is 30.3 Å². The number of aromatic nitrogens is 5. The Kier molecular flexibility index (Phi) is 6.85. The molecule has 206 valence electrons. The van der Waals surface area contributed by atoms with Crippen molar-refractivity contribution in [2.75, 3.05) is 18.2 Å². The molecule has 2 aromatic carbocycles. The molecule has 0 unspecified atom stereocenters. The summed E-state index contributed by atoms with van der Waals surface area (Å²) in [5, 5.41) is 2.82. The molecule has 0 aliphatic carbocycles. The molecule has 0 atom stereocenters. The average molecular weight is 556 g/mol. The Balaban J connectivity index is 1.38. The predicted octanol–water partition coefficient (Wildman–Crippen LogP) is 5.47. The molecule has 0 fully saturated rings. The molecule has 0 aliphatic rings. The van der Waals surface area contributed by atoms with Crippen LogP contribution in [0.3, 0.4) is 0 Å². The minimum Gasteiger partial charge on any atom is -0.465 e. The Morgan fingerprint density at radius 3 is 2.45 bits per heavy atom. The molecule has 0 aliphatic heterocycles. The zero-order valence-electron chi connectivity index (χ0n) is 22.8. The van der Waals surface area contributed by atoms with E-state index < -0.39 is 5.97 Å². The molecule has 0 saturated heterocycles. The number of imidazole rings is 1. The molecular formula is C32H25N7O3. The van der Waals surface area contributed by atoms with E-state index in [1.165, 1.54) is 7.11 Å². The van der Waals surface area contributed by atoms with Crippen molar-refractivity contribution < 1.29 is 14.3 Å². The van der Waals surface area contributed by atoms with Crippen LogP contribution in [0.15, 0.2) is 97.3 Å². The molecule has 4 aromatic heterocycles. The third kappa shape index (κ3) is 4.92. The van der Waals surface area contributed by atoms with E-state index in [0.717, 1.165) is 11.3 Å². The standard InChI is InChI=1S/C32H25N7O3/c1-19-17-21(32(41)42-2)10-12-23(19)31(40)38-27-15-11-22(18-35-27)39-29(24-9-6-16-34-28(24)33)37-26-14-13-25(36-30(26)39)20-7-4-3-5-8-20/h3-18H,1-2H3,(H2,33,34)(H,35,38,40). The van der Waals surface area contributed by atoms with Crippen LogP contribution in [-0.2, 0) is 4.74 Å². The van der Waals surface area contributed by atoms with Crippen molar-refractivity contribution in [3.05, 3.63) is 114 Å². The maximum absolute atomic E-state index is 13.0. The van der Waals surface area contributed by atoms with Gasteiger partial charge < -0.3 is 15.8 Å². The summed E-state index contributed by atoms with van der Waals surface area (Å²) in [4.78, 5) is 43.4. The monoisotopic (exact) mass is 555 g/mol. The third-order valence-electron chi connectivity index (χ3n) is 6.79. The molecule has 6 aromatic rings. The number of esters is 1. The third-order valence-corrected chi connectivity index (χ3v) is 6.79. The number of methoxy groups -OCH3 is 1. The minimum atomic E-state index is -0.466. The lowest BCUT2D eigenvalue weighted by Gasteiger charge is -2.12. The van der Waals surface area contributed by atoms with Crippen LogP contribution in [0.2, 0.25) is 0 Å². The van der Waals surface area contributed by atoms with Crippen molar-refractivity contribution in [1.29, 1.82) is 0 Å². The quantitative estimate of drug-likeness (QED) is 0.258. The first-order chi connectivity index (χ1) is 20.4. The molecule has 0 spiro atoms. The Labute approximate surface area is 240 Å². The van der Waals surface area contributed by atoms with Crippen molar-refractivity contribution >= 4 is 34.7 Å². The first-order valence-corrected chi connectivity index (χ1v) is 13.1. The maximum Gasteiger partial charge on any atom is 0.337 e. The molecule has 4 heterocycles. The van der Waals surface area contributed by atoms with Gasteiger partial charge >= 0.3 is 5.97 Å². The molecule has 3 N–H and O–H groups in total. The highest BCUT2D eigenvalue weighted by Gasteiger charge is 2.19. The number of anilines is 2. The Bertz CT molecular complexity index is 1950. The number of fused-ring (bicyclic) bond motifs is 1. The number of amides is 1.